The van der Waals surface area contributed by atoms with Crippen LogP contribution < -0.4 is 10.6 Å². The van der Waals surface area contributed by atoms with E-state index in [9.17, 15) is 4.79 Å². The number of para-hydroxylation sites is 1. The van der Waals surface area contributed by atoms with Crippen molar-refractivity contribution in [2.45, 2.75) is 25.7 Å². The minimum absolute atomic E-state index is 0. The van der Waals surface area contributed by atoms with E-state index in [0.717, 1.165) is 36.8 Å². The fourth-order valence-corrected chi connectivity index (χ4v) is 3.09. The molecule has 1 aliphatic rings. The molecule has 1 aromatic heterocycles. The summed E-state index contributed by atoms with van der Waals surface area (Å²) in [4.78, 5) is 16.4. The molecule has 2 heterocycles. The topological polar surface area (TPSA) is 54.0 Å². The number of amides is 1. The number of carbonyl (C=O) groups is 1. The maximum atomic E-state index is 11.9. The maximum absolute atomic E-state index is 11.9. The van der Waals surface area contributed by atoms with Gasteiger partial charge in [0.1, 0.15) is 0 Å². The minimum atomic E-state index is 0. The molecule has 3 rings (SSSR count). The van der Waals surface area contributed by atoms with E-state index in [4.69, 9.17) is 0 Å². The molecule has 1 aromatic carbocycles. The Morgan fingerprint density at radius 2 is 2.08 bits per heavy atom. The van der Waals surface area contributed by atoms with Gasteiger partial charge in [0.2, 0.25) is 5.91 Å². The van der Waals surface area contributed by atoms with Gasteiger partial charge in [-0.15, -0.1) is 24.8 Å². The molecule has 4 nitrogen and oxygen atoms in total. The van der Waals surface area contributed by atoms with Crippen molar-refractivity contribution in [1.82, 2.24) is 15.6 Å². The highest BCUT2D eigenvalue weighted by Crippen LogP contribution is 2.16. The molecule has 1 amide bonds. The van der Waals surface area contributed by atoms with Crippen molar-refractivity contribution >= 4 is 41.6 Å². The quantitative estimate of drug-likeness (QED) is 0.822. The zero-order valence-electron chi connectivity index (χ0n) is 13.7. The second kappa shape index (κ2) is 10.5. The van der Waals surface area contributed by atoms with Gasteiger partial charge in [-0.25, -0.2) is 0 Å². The number of aromatic nitrogens is 1. The Hall–Kier alpha value is -1.36. The van der Waals surface area contributed by atoms with Crippen LogP contribution >= 0.6 is 24.8 Å². The molecule has 1 atom stereocenters. The molecule has 1 saturated heterocycles. The second-order valence-corrected chi connectivity index (χ2v) is 5.99. The summed E-state index contributed by atoms with van der Waals surface area (Å²) in [5.41, 5.74) is 2.23. The van der Waals surface area contributed by atoms with Crippen molar-refractivity contribution in [3.8, 4) is 0 Å². The van der Waals surface area contributed by atoms with Gasteiger partial charge in [0, 0.05) is 24.5 Å². The van der Waals surface area contributed by atoms with E-state index in [0.29, 0.717) is 18.9 Å². The summed E-state index contributed by atoms with van der Waals surface area (Å²) in [7, 11) is 0. The lowest BCUT2D eigenvalue weighted by Gasteiger charge is -2.09. The van der Waals surface area contributed by atoms with Crippen LogP contribution in [0, 0.1) is 5.92 Å². The van der Waals surface area contributed by atoms with Crippen LogP contribution in [0.4, 0.5) is 0 Å². The van der Waals surface area contributed by atoms with Crippen molar-refractivity contribution in [2.75, 3.05) is 19.6 Å². The number of halogens is 2. The Balaban J connectivity index is 0.00000144. The number of hydrogen-bond donors (Lipinski definition) is 2. The Morgan fingerprint density at radius 3 is 2.88 bits per heavy atom. The van der Waals surface area contributed by atoms with Crippen LogP contribution in [0.2, 0.25) is 0 Å². The number of fused-ring (bicyclic) bond motifs is 1. The Morgan fingerprint density at radius 1 is 1.25 bits per heavy atom. The third kappa shape index (κ3) is 5.62. The molecule has 2 N–H and O–H groups in total. The molecule has 132 valence electrons. The fourth-order valence-electron chi connectivity index (χ4n) is 3.09. The normalized spacial score (nSPS) is 16.2. The van der Waals surface area contributed by atoms with Crippen molar-refractivity contribution in [3.63, 3.8) is 0 Å². The summed E-state index contributed by atoms with van der Waals surface area (Å²) in [6.07, 6.45) is 5.48. The lowest BCUT2D eigenvalue weighted by Crippen LogP contribution is -2.26. The zero-order valence-corrected chi connectivity index (χ0v) is 15.3. The van der Waals surface area contributed by atoms with Crippen LogP contribution in [0.25, 0.3) is 10.9 Å². The number of carbonyl (C=O) groups excluding carboxylic acids is 1. The maximum Gasteiger partial charge on any atom is 0.220 e. The number of nitrogens with zero attached hydrogens (tertiary/aromatic N) is 1. The Kier molecular flexibility index (Phi) is 9.04. The van der Waals surface area contributed by atoms with E-state index in [1.807, 2.05) is 18.3 Å². The van der Waals surface area contributed by atoms with Crippen LogP contribution in [0.1, 0.15) is 24.8 Å². The first kappa shape index (κ1) is 20.7. The summed E-state index contributed by atoms with van der Waals surface area (Å²) in [5, 5.41) is 7.52. The number of pyridine rings is 1. The molecule has 1 aliphatic heterocycles. The summed E-state index contributed by atoms with van der Waals surface area (Å²) in [6, 6.07) is 10.2. The van der Waals surface area contributed by atoms with E-state index in [2.05, 4.69) is 33.8 Å². The first-order valence-electron chi connectivity index (χ1n) is 8.13. The summed E-state index contributed by atoms with van der Waals surface area (Å²) >= 11 is 0. The number of rotatable bonds is 6. The van der Waals surface area contributed by atoms with Gasteiger partial charge < -0.3 is 10.6 Å². The molecule has 1 unspecified atom stereocenters. The van der Waals surface area contributed by atoms with Gasteiger partial charge in [-0.1, -0.05) is 24.3 Å². The average molecular weight is 370 g/mol. The van der Waals surface area contributed by atoms with Crippen LogP contribution in [-0.4, -0.2) is 30.5 Å². The lowest BCUT2D eigenvalue weighted by molar-refractivity contribution is -0.121. The molecule has 24 heavy (non-hydrogen) atoms. The molecular formula is C18H25Cl2N3O. The second-order valence-electron chi connectivity index (χ2n) is 5.99. The van der Waals surface area contributed by atoms with Crippen LogP contribution in [0.3, 0.4) is 0 Å². The summed E-state index contributed by atoms with van der Waals surface area (Å²) in [5.74, 6) is 0.841. The molecule has 6 heteroatoms. The van der Waals surface area contributed by atoms with Gasteiger partial charge >= 0.3 is 0 Å². The molecule has 0 saturated carbocycles. The van der Waals surface area contributed by atoms with E-state index < -0.39 is 0 Å². The molecule has 0 spiro atoms. The molecule has 2 aromatic rings. The molecular weight excluding hydrogens is 345 g/mol. The third-order valence-electron chi connectivity index (χ3n) is 4.37. The van der Waals surface area contributed by atoms with Crippen LogP contribution in [0.5, 0.6) is 0 Å². The minimum Gasteiger partial charge on any atom is -0.356 e. The van der Waals surface area contributed by atoms with Gasteiger partial charge in [0.25, 0.3) is 0 Å². The highest BCUT2D eigenvalue weighted by molar-refractivity contribution is 5.85. The van der Waals surface area contributed by atoms with Gasteiger partial charge in [-0.05, 0) is 49.9 Å². The first-order chi connectivity index (χ1) is 10.8. The third-order valence-corrected chi connectivity index (χ3v) is 4.37. The van der Waals surface area contributed by atoms with Crippen LogP contribution in [0.15, 0.2) is 36.5 Å². The molecule has 0 aliphatic carbocycles. The summed E-state index contributed by atoms with van der Waals surface area (Å²) in [6.45, 7) is 2.84. The fraction of sp³-hybridized carbons (Fsp3) is 0.444. The van der Waals surface area contributed by atoms with Gasteiger partial charge in [-0.3, -0.25) is 9.78 Å². The Bertz CT molecular complexity index is 640. The molecule has 0 bridgehead atoms. The zero-order chi connectivity index (χ0) is 15.2. The average Bonchev–Trinajstić information content (AvgIpc) is 3.07. The van der Waals surface area contributed by atoms with E-state index in [1.165, 1.54) is 12.0 Å². The van der Waals surface area contributed by atoms with Crippen molar-refractivity contribution < 1.29 is 4.79 Å². The predicted octanol–water partition coefficient (Wildman–Crippen LogP) is 3.13. The van der Waals surface area contributed by atoms with Crippen molar-refractivity contribution in [3.05, 3.63) is 42.1 Å². The number of nitrogens with one attached hydrogen (secondary N) is 2. The highest BCUT2D eigenvalue weighted by Gasteiger charge is 2.15. The number of benzene rings is 1. The van der Waals surface area contributed by atoms with E-state index in [1.54, 1.807) is 0 Å². The van der Waals surface area contributed by atoms with Gasteiger partial charge in [-0.2, -0.15) is 0 Å². The van der Waals surface area contributed by atoms with Gasteiger partial charge in [0.05, 0.1) is 5.52 Å². The van der Waals surface area contributed by atoms with Gasteiger partial charge in [0.15, 0.2) is 0 Å². The SMILES string of the molecule is Cl.Cl.O=C(CCC1CCNC1)NCCc1cccc2cccnc12. The number of hydrogen-bond acceptors (Lipinski definition) is 3. The van der Waals surface area contributed by atoms with E-state index >= 15 is 0 Å². The smallest absolute Gasteiger partial charge is 0.220 e. The monoisotopic (exact) mass is 369 g/mol. The predicted molar refractivity (Wildman–Crippen MR) is 103 cm³/mol. The largest absolute Gasteiger partial charge is 0.356 e. The lowest BCUT2D eigenvalue weighted by atomic mass is 10.0. The standard InChI is InChI=1S/C18H23N3O.2ClH/c22-17(7-6-14-8-11-19-13-14)20-12-9-16-4-1-3-15-5-2-10-21-18(15)16;;/h1-5,10,14,19H,6-9,11-13H2,(H,20,22);2*1H. The first-order valence-corrected chi connectivity index (χ1v) is 8.13. The molecule has 1 fully saturated rings. The van der Waals surface area contributed by atoms with Crippen LogP contribution in [-0.2, 0) is 11.2 Å². The van der Waals surface area contributed by atoms with E-state index in [-0.39, 0.29) is 30.7 Å². The molecule has 0 radical (unpaired) electrons. The van der Waals surface area contributed by atoms with Crippen molar-refractivity contribution in [2.24, 2.45) is 5.92 Å². The Labute approximate surface area is 155 Å². The highest BCUT2D eigenvalue weighted by atomic mass is 35.5. The summed E-state index contributed by atoms with van der Waals surface area (Å²) < 4.78 is 0. The van der Waals surface area contributed by atoms with Crippen molar-refractivity contribution in [1.29, 1.82) is 0 Å².